The van der Waals surface area contributed by atoms with Crippen molar-refractivity contribution in [3.8, 4) is 0 Å². The summed E-state index contributed by atoms with van der Waals surface area (Å²) >= 11 is 0. The number of nitrogens with zero attached hydrogens (tertiary/aromatic N) is 2. The van der Waals surface area contributed by atoms with E-state index in [0.717, 1.165) is 49.9 Å². The number of hydrogen-bond acceptors (Lipinski definition) is 3. The van der Waals surface area contributed by atoms with Gasteiger partial charge in [0.2, 0.25) is 11.8 Å². The van der Waals surface area contributed by atoms with E-state index in [0.29, 0.717) is 18.6 Å². The molecule has 0 heterocycles. The number of carbonyl (C=O) groups excluding carboxylic acids is 2. The summed E-state index contributed by atoms with van der Waals surface area (Å²) in [6, 6.07) is 8.66. The van der Waals surface area contributed by atoms with Crippen molar-refractivity contribution in [1.82, 2.24) is 9.80 Å². The third-order valence-electron chi connectivity index (χ3n) is 5.63. The highest BCUT2D eigenvalue weighted by Crippen LogP contribution is 2.34. The second-order valence-corrected chi connectivity index (χ2v) is 8.04. The topological polar surface area (TPSA) is 52.7 Å². The number of anilines is 1. The molecular formula is C22H33N3O2. The lowest BCUT2D eigenvalue weighted by atomic mass is 10.2. The second kappa shape index (κ2) is 9.36. The fourth-order valence-electron chi connectivity index (χ4n) is 4.15. The monoisotopic (exact) mass is 371 g/mol. The summed E-state index contributed by atoms with van der Waals surface area (Å²) in [5.41, 5.74) is 1.89. The second-order valence-electron chi connectivity index (χ2n) is 8.04. The number of aryl methyl sites for hydroxylation is 1. The Morgan fingerprint density at radius 1 is 1.04 bits per heavy atom. The van der Waals surface area contributed by atoms with Gasteiger partial charge < -0.3 is 10.2 Å². The zero-order valence-electron chi connectivity index (χ0n) is 16.7. The van der Waals surface area contributed by atoms with E-state index in [-0.39, 0.29) is 18.4 Å². The van der Waals surface area contributed by atoms with E-state index in [1.165, 1.54) is 12.8 Å². The molecule has 3 rings (SSSR count). The van der Waals surface area contributed by atoms with Crippen LogP contribution in [0.25, 0.3) is 0 Å². The van der Waals surface area contributed by atoms with Crippen LogP contribution in [0.15, 0.2) is 24.3 Å². The molecule has 0 spiro atoms. The van der Waals surface area contributed by atoms with Crippen molar-refractivity contribution in [2.45, 2.75) is 70.9 Å². The van der Waals surface area contributed by atoms with Crippen LogP contribution in [0.2, 0.25) is 0 Å². The summed E-state index contributed by atoms with van der Waals surface area (Å²) in [4.78, 5) is 29.7. The van der Waals surface area contributed by atoms with Gasteiger partial charge in [0.15, 0.2) is 0 Å². The molecule has 0 saturated heterocycles. The van der Waals surface area contributed by atoms with Crippen molar-refractivity contribution < 1.29 is 9.59 Å². The van der Waals surface area contributed by atoms with Gasteiger partial charge in [0.05, 0.1) is 13.1 Å². The third-order valence-corrected chi connectivity index (χ3v) is 5.63. The SMILES string of the molecule is CCCN(CC(=O)Nc1ccccc1C)CC(=O)N(C1CCCC1)C1CC1. The zero-order chi connectivity index (χ0) is 19.2. The standard InChI is InChI=1S/C22H33N3O2/c1-3-14-24(15-21(26)23-20-11-7-4-8-17(20)2)16-22(27)25(19-12-13-19)18-9-5-6-10-18/h4,7-8,11,18-19H,3,5-6,9-10,12-16H2,1-2H3,(H,23,26). The van der Waals surface area contributed by atoms with E-state index >= 15 is 0 Å². The Morgan fingerprint density at radius 3 is 2.33 bits per heavy atom. The lowest BCUT2D eigenvalue weighted by molar-refractivity contribution is -0.135. The van der Waals surface area contributed by atoms with Gasteiger partial charge in [-0.1, -0.05) is 38.0 Å². The molecule has 1 aromatic carbocycles. The van der Waals surface area contributed by atoms with Crippen LogP contribution in [0.3, 0.4) is 0 Å². The Hall–Kier alpha value is -1.88. The van der Waals surface area contributed by atoms with E-state index < -0.39 is 0 Å². The van der Waals surface area contributed by atoms with Crippen LogP contribution in [0.4, 0.5) is 5.69 Å². The lowest BCUT2D eigenvalue weighted by Gasteiger charge is -2.31. The summed E-state index contributed by atoms with van der Waals surface area (Å²) in [7, 11) is 0. The summed E-state index contributed by atoms with van der Waals surface area (Å²) in [5, 5.41) is 2.99. The van der Waals surface area contributed by atoms with Gasteiger partial charge in [-0.15, -0.1) is 0 Å². The molecule has 2 fully saturated rings. The average Bonchev–Trinajstić information content (AvgIpc) is 3.31. The normalized spacial score (nSPS) is 17.3. The molecule has 0 radical (unpaired) electrons. The Morgan fingerprint density at radius 2 is 1.70 bits per heavy atom. The third kappa shape index (κ3) is 5.55. The minimum atomic E-state index is -0.0515. The molecular weight excluding hydrogens is 338 g/mol. The van der Waals surface area contributed by atoms with Crippen molar-refractivity contribution >= 4 is 17.5 Å². The molecule has 1 N–H and O–H groups in total. The molecule has 148 valence electrons. The molecule has 27 heavy (non-hydrogen) atoms. The van der Waals surface area contributed by atoms with Gasteiger partial charge in [0, 0.05) is 17.8 Å². The number of carbonyl (C=O) groups is 2. The Labute approximate surface area is 163 Å². The smallest absolute Gasteiger partial charge is 0.238 e. The minimum Gasteiger partial charge on any atom is -0.336 e. The first-order chi connectivity index (χ1) is 13.1. The van der Waals surface area contributed by atoms with Gasteiger partial charge in [-0.25, -0.2) is 0 Å². The van der Waals surface area contributed by atoms with Gasteiger partial charge in [0.1, 0.15) is 0 Å². The van der Waals surface area contributed by atoms with Crippen LogP contribution in [-0.2, 0) is 9.59 Å². The molecule has 0 unspecified atom stereocenters. The largest absolute Gasteiger partial charge is 0.336 e. The molecule has 0 aliphatic heterocycles. The Kier molecular flexibility index (Phi) is 6.89. The van der Waals surface area contributed by atoms with Crippen LogP contribution in [0.5, 0.6) is 0 Å². The molecule has 5 heteroatoms. The number of para-hydroxylation sites is 1. The first-order valence-corrected chi connectivity index (χ1v) is 10.5. The van der Waals surface area contributed by atoms with Crippen LogP contribution < -0.4 is 5.32 Å². The highest BCUT2D eigenvalue weighted by Gasteiger charge is 2.38. The van der Waals surface area contributed by atoms with E-state index in [1.54, 1.807) is 0 Å². The van der Waals surface area contributed by atoms with Crippen molar-refractivity contribution in [3.63, 3.8) is 0 Å². The predicted octanol–water partition coefficient (Wildman–Crippen LogP) is 3.58. The molecule has 0 atom stereocenters. The summed E-state index contributed by atoms with van der Waals surface area (Å²) in [5.74, 6) is 0.158. The molecule has 2 saturated carbocycles. The molecule has 2 amide bonds. The maximum absolute atomic E-state index is 13.0. The minimum absolute atomic E-state index is 0.0515. The number of rotatable bonds is 9. The highest BCUT2D eigenvalue weighted by molar-refractivity contribution is 5.93. The molecule has 2 aliphatic rings. The molecule has 5 nitrogen and oxygen atoms in total. The number of nitrogens with one attached hydrogen (secondary N) is 1. The van der Waals surface area contributed by atoms with Crippen molar-refractivity contribution in [1.29, 1.82) is 0 Å². The number of amides is 2. The number of hydrogen-bond donors (Lipinski definition) is 1. The van der Waals surface area contributed by atoms with Gasteiger partial charge in [-0.05, 0) is 57.2 Å². The van der Waals surface area contributed by atoms with Crippen molar-refractivity contribution in [3.05, 3.63) is 29.8 Å². The summed E-state index contributed by atoms with van der Waals surface area (Å²) in [6.07, 6.45) is 7.97. The molecule has 0 aromatic heterocycles. The maximum Gasteiger partial charge on any atom is 0.238 e. The van der Waals surface area contributed by atoms with Gasteiger partial charge in [0.25, 0.3) is 0 Å². The van der Waals surface area contributed by atoms with E-state index in [4.69, 9.17) is 0 Å². The summed E-state index contributed by atoms with van der Waals surface area (Å²) in [6.45, 7) is 5.44. The molecule has 2 aliphatic carbocycles. The Balaban J connectivity index is 1.58. The van der Waals surface area contributed by atoms with Crippen LogP contribution in [0.1, 0.15) is 57.4 Å². The first-order valence-electron chi connectivity index (χ1n) is 10.5. The maximum atomic E-state index is 13.0. The van der Waals surface area contributed by atoms with Crippen LogP contribution in [0, 0.1) is 6.92 Å². The molecule has 0 bridgehead atoms. The highest BCUT2D eigenvalue weighted by atomic mass is 16.2. The molecule has 1 aromatic rings. The zero-order valence-corrected chi connectivity index (χ0v) is 16.7. The van der Waals surface area contributed by atoms with Crippen LogP contribution in [-0.4, -0.2) is 53.3 Å². The fourth-order valence-corrected chi connectivity index (χ4v) is 4.15. The van der Waals surface area contributed by atoms with Crippen LogP contribution >= 0.6 is 0 Å². The predicted molar refractivity (Wildman–Crippen MR) is 109 cm³/mol. The van der Waals surface area contributed by atoms with Gasteiger partial charge >= 0.3 is 0 Å². The number of benzene rings is 1. The van der Waals surface area contributed by atoms with Crippen molar-refractivity contribution in [2.75, 3.05) is 25.0 Å². The van der Waals surface area contributed by atoms with Crippen molar-refractivity contribution in [2.24, 2.45) is 0 Å². The quantitative estimate of drug-likeness (QED) is 0.722. The van der Waals surface area contributed by atoms with E-state index in [9.17, 15) is 9.59 Å². The Bertz CT molecular complexity index is 651. The van der Waals surface area contributed by atoms with Gasteiger partial charge in [-0.2, -0.15) is 0 Å². The lowest BCUT2D eigenvalue weighted by Crippen LogP contribution is -2.47. The summed E-state index contributed by atoms with van der Waals surface area (Å²) < 4.78 is 0. The van der Waals surface area contributed by atoms with E-state index in [2.05, 4.69) is 17.1 Å². The fraction of sp³-hybridized carbons (Fsp3) is 0.636. The first kappa shape index (κ1) is 19.9. The average molecular weight is 372 g/mol. The van der Waals surface area contributed by atoms with Gasteiger partial charge in [-0.3, -0.25) is 14.5 Å². The van der Waals surface area contributed by atoms with E-state index in [1.807, 2.05) is 36.1 Å².